The van der Waals surface area contributed by atoms with Crippen molar-refractivity contribution in [3.63, 3.8) is 0 Å². The number of aromatic nitrogens is 3. The van der Waals surface area contributed by atoms with Crippen LogP contribution >= 0.6 is 0 Å². The van der Waals surface area contributed by atoms with Crippen molar-refractivity contribution in [1.82, 2.24) is 19.9 Å². The molecule has 1 aliphatic heterocycles. The molecular formula is C18H22N4O4. The van der Waals surface area contributed by atoms with Crippen LogP contribution in [0.15, 0.2) is 24.3 Å². The number of carbonyl (C=O) groups excluding carboxylic acids is 1. The topological polar surface area (TPSA) is 97.6 Å². The summed E-state index contributed by atoms with van der Waals surface area (Å²) in [4.78, 5) is 25.6. The number of carboxylic acid groups (broad SMARTS) is 1. The van der Waals surface area contributed by atoms with Gasteiger partial charge >= 0.3 is 5.97 Å². The number of aryl methyl sites for hydroxylation is 1. The second-order valence-electron chi connectivity index (χ2n) is 6.44. The quantitative estimate of drug-likeness (QED) is 0.872. The molecule has 1 amide bonds. The molecule has 3 rings (SSSR count). The van der Waals surface area contributed by atoms with Gasteiger partial charge in [0.15, 0.2) is 5.69 Å². The molecule has 1 aliphatic rings. The molecular weight excluding hydrogens is 336 g/mol. The molecule has 0 saturated carbocycles. The third kappa shape index (κ3) is 3.75. The van der Waals surface area contributed by atoms with Crippen LogP contribution in [-0.4, -0.2) is 62.7 Å². The lowest BCUT2D eigenvalue weighted by atomic mass is 10.1. The van der Waals surface area contributed by atoms with E-state index in [4.69, 9.17) is 4.74 Å². The van der Waals surface area contributed by atoms with Gasteiger partial charge in [0.05, 0.1) is 11.4 Å². The molecule has 2 aromatic rings. The molecule has 26 heavy (non-hydrogen) atoms. The SMILES string of the molecule is Cc1ccc(-n2nnc(C(=O)N(CC(=O)O)C3CCOCC3)c2C)cc1. The molecule has 2 heterocycles. The predicted molar refractivity (Wildman–Crippen MR) is 93.3 cm³/mol. The summed E-state index contributed by atoms with van der Waals surface area (Å²) in [5, 5.41) is 17.3. The van der Waals surface area contributed by atoms with Crippen LogP contribution in [0.2, 0.25) is 0 Å². The van der Waals surface area contributed by atoms with E-state index in [0.29, 0.717) is 31.7 Å². The van der Waals surface area contributed by atoms with E-state index >= 15 is 0 Å². The van der Waals surface area contributed by atoms with E-state index in [-0.39, 0.29) is 18.3 Å². The van der Waals surface area contributed by atoms with Crippen LogP contribution in [0.3, 0.4) is 0 Å². The van der Waals surface area contributed by atoms with E-state index in [2.05, 4.69) is 10.3 Å². The number of carbonyl (C=O) groups is 2. The van der Waals surface area contributed by atoms with E-state index in [9.17, 15) is 14.7 Å². The van der Waals surface area contributed by atoms with Crippen LogP contribution in [0.5, 0.6) is 0 Å². The summed E-state index contributed by atoms with van der Waals surface area (Å²) < 4.78 is 6.91. The molecule has 0 spiro atoms. The Bertz CT molecular complexity index is 794. The van der Waals surface area contributed by atoms with Crippen LogP contribution in [0.4, 0.5) is 0 Å². The number of aliphatic carboxylic acids is 1. The van der Waals surface area contributed by atoms with Gasteiger partial charge in [0.25, 0.3) is 5.91 Å². The zero-order valence-corrected chi connectivity index (χ0v) is 14.9. The zero-order chi connectivity index (χ0) is 18.7. The van der Waals surface area contributed by atoms with Crippen LogP contribution in [0, 0.1) is 13.8 Å². The van der Waals surface area contributed by atoms with E-state index in [1.54, 1.807) is 11.6 Å². The summed E-state index contributed by atoms with van der Waals surface area (Å²) >= 11 is 0. The van der Waals surface area contributed by atoms with Gasteiger partial charge in [0.1, 0.15) is 6.54 Å². The summed E-state index contributed by atoms with van der Waals surface area (Å²) in [6, 6.07) is 7.54. The smallest absolute Gasteiger partial charge is 0.323 e. The molecule has 1 aromatic heterocycles. The molecule has 0 bridgehead atoms. The molecule has 8 nitrogen and oxygen atoms in total. The number of carboxylic acids is 1. The highest BCUT2D eigenvalue weighted by Gasteiger charge is 2.31. The average Bonchev–Trinajstić information content (AvgIpc) is 3.02. The second-order valence-corrected chi connectivity index (χ2v) is 6.44. The van der Waals surface area contributed by atoms with Crippen LogP contribution in [-0.2, 0) is 9.53 Å². The number of hydrogen-bond donors (Lipinski definition) is 1. The lowest BCUT2D eigenvalue weighted by molar-refractivity contribution is -0.138. The standard InChI is InChI=1S/C18H22N4O4/c1-12-3-5-15(6-4-12)22-13(2)17(19-20-22)18(25)21(11-16(23)24)14-7-9-26-10-8-14/h3-6,14H,7-11H2,1-2H3,(H,23,24). The summed E-state index contributed by atoms with van der Waals surface area (Å²) in [6.07, 6.45) is 1.23. The largest absolute Gasteiger partial charge is 0.480 e. The molecule has 0 unspecified atom stereocenters. The van der Waals surface area contributed by atoms with E-state index in [1.807, 2.05) is 31.2 Å². The number of ether oxygens (including phenoxy) is 1. The average molecular weight is 358 g/mol. The molecule has 1 saturated heterocycles. The van der Waals surface area contributed by atoms with Crippen molar-refractivity contribution in [2.24, 2.45) is 0 Å². The molecule has 1 fully saturated rings. The van der Waals surface area contributed by atoms with Crippen molar-refractivity contribution in [1.29, 1.82) is 0 Å². The minimum atomic E-state index is -1.05. The van der Waals surface area contributed by atoms with Gasteiger partial charge in [-0.1, -0.05) is 22.9 Å². The number of rotatable bonds is 5. The maximum Gasteiger partial charge on any atom is 0.323 e. The molecule has 0 atom stereocenters. The fourth-order valence-corrected chi connectivity index (χ4v) is 3.10. The zero-order valence-electron chi connectivity index (χ0n) is 14.9. The highest BCUT2D eigenvalue weighted by molar-refractivity contribution is 5.95. The third-order valence-electron chi connectivity index (χ3n) is 4.57. The normalized spacial score (nSPS) is 15.0. The fourth-order valence-electron chi connectivity index (χ4n) is 3.10. The maximum absolute atomic E-state index is 13.0. The highest BCUT2D eigenvalue weighted by atomic mass is 16.5. The summed E-state index contributed by atoms with van der Waals surface area (Å²) in [5.74, 6) is -1.46. The van der Waals surface area contributed by atoms with Crippen molar-refractivity contribution in [2.45, 2.75) is 32.7 Å². The highest BCUT2D eigenvalue weighted by Crippen LogP contribution is 2.19. The molecule has 1 aromatic carbocycles. The second kappa shape index (κ2) is 7.65. The van der Waals surface area contributed by atoms with E-state index in [0.717, 1.165) is 11.3 Å². The Morgan fingerprint density at radius 2 is 1.88 bits per heavy atom. The number of hydrogen-bond acceptors (Lipinski definition) is 5. The summed E-state index contributed by atoms with van der Waals surface area (Å²) in [6.45, 7) is 4.42. The Labute approximate surface area is 151 Å². The molecule has 138 valence electrons. The minimum absolute atomic E-state index is 0.170. The first-order valence-electron chi connectivity index (χ1n) is 8.57. The monoisotopic (exact) mass is 358 g/mol. The maximum atomic E-state index is 13.0. The molecule has 0 aliphatic carbocycles. The third-order valence-corrected chi connectivity index (χ3v) is 4.57. The van der Waals surface area contributed by atoms with Gasteiger partial charge in [0.2, 0.25) is 0 Å². The summed E-state index contributed by atoms with van der Waals surface area (Å²) in [7, 11) is 0. The Balaban J connectivity index is 1.89. The first-order valence-corrected chi connectivity index (χ1v) is 8.57. The Morgan fingerprint density at radius 1 is 1.23 bits per heavy atom. The van der Waals surface area contributed by atoms with E-state index in [1.165, 1.54) is 4.90 Å². The van der Waals surface area contributed by atoms with Crippen LogP contribution < -0.4 is 0 Å². The predicted octanol–water partition coefficient (Wildman–Crippen LogP) is 1.59. The van der Waals surface area contributed by atoms with Crippen molar-refractivity contribution in [3.8, 4) is 5.69 Å². The molecule has 8 heteroatoms. The van der Waals surface area contributed by atoms with Gasteiger partial charge in [-0.25, -0.2) is 4.68 Å². The van der Waals surface area contributed by atoms with Crippen LogP contribution in [0.1, 0.15) is 34.6 Å². The van der Waals surface area contributed by atoms with Crippen molar-refractivity contribution < 1.29 is 19.4 Å². The van der Waals surface area contributed by atoms with Gasteiger partial charge in [0, 0.05) is 19.3 Å². The van der Waals surface area contributed by atoms with Gasteiger partial charge in [-0.2, -0.15) is 0 Å². The van der Waals surface area contributed by atoms with Crippen molar-refractivity contribution >= 4 is 11.9 Å². The van der Waals surface area contributed by atoms with Crippen molar-refractivity contribution in [2.75, 3.05) is 19.8 Å². The van der Waals surface area contributed by atoms with Crippen molar-refractivity contribution in [3.05, 3.63) is 41.2 Å². The van der Waals surface area contributed by atoms with Gasteiger partial charge in [-0.05, 0) is 38.8 Å². The summed E-state index contributed by atoms with van der Waals surface area (Å²) in [5.41, 5.74) is 2.69. The van der Waals surface area contributed by atoms with Gasteiger partial charge < -0.3 is 14.7 Å². The minimum Gasteiger partial charge on any atom is -0.480 e. The Kier molecular flexibility index (Phi) is 5.32. The van der Waals surface area contributed by atoms with Gasteiger partial charge in [-0.3, -0.25) is 9.59 Å². The lowest BCUT2D eigenvalue weighted by Crippen LogP contribution is -2.46. The number of benzene rings is 1. The number of amides is 1. The Morgan fingerprint density at radius 3 is 2.50 bits per heavy atom. The fraction of sp³-hybridized carbons (Fsp3) is 0.444. The lowest BCUT2D eigenvalue weighted by Gasteiger charge is -2.32. The van der Waals surface area contributed by atoms with E-state index < -0.39 is 11.9 Å². The molecule has 0 radical (unpaired) electrons. The number of nitrogens with zero attached hydrogens (tertiary/aromatic N) is 4. The Hall–Kier alpha value is -2.74. The first kappa shape index (κ1) is 18.1. The molecule has 1 N–H and O–H groups in total. The van der Waals surface area contributed by atoms with Gasteiger partial charge in [-0.15, -0.1) is 5.10 Å². The first-order chi connectivity index (χ1) is 12.5. The van der Waals surface area contributed by atoms with Crippen LogP contribution in [0.25, 0.3) is 5.69 Å².